The molecule has 11 heteroatoms. The Morgan fingerprint density at radius 3 is 2.00 bits per heavy atom. The minimum absolute atomic E-state index is 0.00651. The average Bonchev–Trinajstić information content (AvgIpc) is 3.02. The van der Waals surface area contributed by atoms with Crippen LogP contribution in [0.25, 0.3) is 0 Å². The highest BCUT2D eigenvalue weighted by molar-refractivity contribution is 5.34. The molecule has 250 valence electrons. The van der Waals surface area contributed by atoms with E-state index in [0.29, 0.717) is 36.5 Å². The Bertz CT molecular complexity index is 1430. The number of ether oxygens (including phenoxy) is 4. The number of hydrogen-bond donors (Lipinski definition) is 0. The third-order valence-electron chi connectivity index (χ3n) is 8.74. The zero-order valence-corrected chi connectivity index (χ0v) is 25.4. The first-order valence-corrected chi connectivity index (χ1v) is 15.7. The summed E-state index contributed by atoms with van der Waals surface area (Å²) in [5, 5.41) is 0. The fourth-order valence-electron chi connectivity index (χ4n) is 6.18. The van der Waals surface area contributed by atoms with Crippen LogP contribution in [0.5, 0.6) is 11.5 Å². The molecule has 0 unspecified atom stereocenters. The Balaban J connectivity index is 1.11. The Labute approximate surface area is 263 Å². The van der Waals surface area contributed by atoms with Crippen LogP contribution in [-0.4, -0.2) is 25.7 Å². The Morgan fingerprint density at radius 1 is 0.717 bits per heavy atom. The van der Waals surface area contributed by atoms with Crippen molar-refractivity contribution in [2.45, 2.75) is 88.9 Å². The smallest absolute Gasteiger partial charge is 0.432 e. The van der Waals surface area contributed by atoms with Gasteiger partial charge in [-0.3, -0.25) is 0 Å². The summed E-state index contributed by atoms with van der Waals surface area (Å²) in [6, 6.07) is 15.0. The number of aryl methyl sites for hydroxylation is 1. The summed E-state index contributed by atoms with van der Waals surface area (Å²) in [4.78, 5) is 0. The minimum atomic E-state index is -5.13. The lowest BCUT2D eigenvalue weighted by Crippen LogP contribution is -2.37. The first-order chi connectivity index (χ1) is 21.9. The van der Waals surface area contributed by atoms with Gasteiger partial charge in [0.05, 0.1) is 19.1 Å². The van der Waals surface area contributed by atoms with Crippen molar-refractivity contribution in [1.29, 1.82) is 0 Å². The van der Waals surface area contributed by atoms with E-state index in [1.54, 1.807) is 12.1 Å². The first-order valence-electron chi connectivity index (χ1n) is 15.7. The molecule has 0 amide bonds. The molecule has 2 aliphatic rings. The third-order valence-corrected chi connectivity index (χ3v) is 8.74. The second-order valence-corrected chi connectivity index (χ2v) is 12.0. The number of benzene rings is 3. The fourth-order valence-corrected chi connectivity index (χ4v) is 6.18. The zero-order valence-electron chi connectivity index (χ0n) is 25.4. The standard InChI is InChI=1S/C35H37F7O4/c1-2-3-4-5-22-6-8-23(9-7-22)26-20-43-33(44-21-26)25-12-16-29(30(36)18-25)24-10-13-27(14-11-24)34(38,39)45-28-15-17-32(31(37)19-28)46-35(40,41)42/h6-9,12,15-19,24,26-27,33H,2-5,10-11,13-14,20-21H2,1H3. The van der Waals surface area contributed by atoms with Crippen molar-refractivity contribution < 1.29 is 49.7 Å². The fraction of sp³-hybridized carbons (Fsp3) is 0.486. The zero-order chi connectivity index (χ0) is 32.9. The van der Waals surface area contributed by atoms with E-state index in [0.717, 1.165) is 18.1 Å². The minimum Gasteiger partial charge on any atom is -0.432 e. The van der Waals surface area contributed by atoms with Crippen LogP contribution < -0.4 is 9.47 Å². The molecule has 1 aliphatic carbocycles. The average molecular weight is 655 g/mol. The number of alkyl halides is 5. The van der Waals surface area contributed by atoms with Gasteiger partial charge in [0, 0.05) is 17.5 Å². The van der Waals surface area contributed by atoms with Crippen LogP contribution in [0.2, 0.25) is 0 Å². The molecule has 1 aliphatic heterocycles. The molecule has 46 heavy (non-hydrogen) atoms. The number of hydrogen-bond acceptors (Lipinski definition) is 4. The van der Waals surface area contributed by atoms with Gasteiger partial charge in [0.1, 0.15) is 11.6 Å². The Kier molecular flexibility index (Phi) is 10.8. The molecule has 0 bridgehead atoms. The highest BCUT2D eigenvalue weighted by Crippen LogP contribution is 2.44. The van der Waals surface area contributed by atoms with Gasteiger partial charge in [-0.15, -0.1) is 13.2 Å². The van der Waals surface area contributed by atoms with Gasteiger partial charge >= 0.3 is 12.5 Å². The highest BCUT2D eigenvalue weighted by Gasteiger charge is 2.44. The predicted molar refractivity (Wildman–Crippen MR) is 157 cm³/mol. The molecule has 1 heterocycles. The van der Waals surface area contributed by atoms with Crippen molar-refractivity contribution in [1.82, 2.24) is 0 Å². The van der Waals surface area contributed by atoms with Gasteiger partial charge in [-0.2, -0.15) is 8.78 Å². The summed E-state index contributed by atoms with van der Waals surface area (Å²) in [5.74, 6) is -5.19. The monoisotopic (exact) mass is 654 g/mol. The molecule has 0 atom stereocenters. The van der Waals surface area contributed by atoms with Crippen LogP contribution in [0, 0.1) is 17.6 Å². The van der Waals surface area contributed by atoms with E-state index in [1.807, 2.05) is 0 Å². The van der Waals surface area contributed by atoms with Crippen molar-refractivity contribution in [3.05, 3.63) is 94.6 Å². The second-order valence-electron chi connectivity index (χ2n) is 12.0. The molecule has 0 spiro atoms. The van der Waals surface area contributed by atoms with Crippen molar-refractivity contribution in [3.63, 3.8) is 0 Å². The van der Waals surface area contributed by atoms with E-state index in [4.69, 9.17) is 14.2 Å². The number of rotatable bonds is 11. The third kappa shape index (κ3) is 8.73. The van der Waals surface area contributed by atoms with Crippen molar-refractivity contribution in [3.8, 4) is 11.5 Å². The van der Waals surface area contributed by atoms with Gasteiger partial charge in [-0.25, -0.2) is 8.78 Å². The lowest BCUT2D eigenvalue weighted by molar-refractivity contribution is -0.275. The van der Waals surface area contributed by atoms with E-state index in [1.165, 1.54) is 30.9 Å². The van der Waals surface area contributed by atoms with E-state index >= 15 is 4.39 Å². The summed E-state index contributed by atoms with van der Waals surface area (Å²) in [6.45, 7) is 3.05. The molecule has 4 nitrogen and oxygen atoms in total. The van der Waals surface area contributed by atoms with Crippen molar-refractivity contribution in [2.24, 2.45) is 5.92 Å². The maximum atomic E-state index is 15.3. The largest absolute Gasteiger partial charge is 0.573 e. The lowest BCUT2D eigenvalue weighted by atomic mass is 9.78. The summed E-state index contributed by atoms with van der Waals surface area (Å²) in [7, 11) is 0. The summed E-state index contributed by atoms with van der Waals surface area (Å²) >= 11 is 0. The molecule has 2 fully saturated rings. The van der Waals surface area contributed by atoms with Crippen LogP contribution in [0.15, 0.2) is 60.7 Å². The number of unbranched alkanes of at least 4 members (excludes halogenated alkanes) is 2. The van der Waals surface area contributed by atoms with Crippen LogP contribution in [-0.2, 0) is 15.9 Å². The van der Waals surface area contributed by atoms with Gasteiger partial charge in [0.25, 0.3) is 0 Å². The molecule has 0 radical (unpaired) electrons. The molecule has 3 aromatic carbocycles. The van der Waals surface area contributed by atoms with Gasteiger partial charge in [-0.1, -0.05) is 56.2 Å². The maximum Gasteiger partial charge on any atom is 0.573 e. The summed E-state index contributed by atoms with van der Waals surface area (Å²) in [5.41, 5.74) is 3.40. The van der Waals surface area contributed by atoms with Crippen LogP contribution >= 0.6 is 0 Å². The molecule has 1 saturated carbocycles. The van der Waals surface area contributed by atoms with Crippen LogP contribution in [0.3, 0.4) is 0 Å². The predicted octanol–water partition coefficient (Wildman–Crippen LogP) is 10.4. The molecule has 0 N–H and O–H groups in total. The van der Waals surface area contributed by atoms with Gasteiger partial charge in [0.15, 0.2) is 17.9 Å². The van der Waals surface area contributed by atoms with Crippen LogP contribution in [0.4, 0.5) is 30.7 Å². The van der Waals surface area contributed by atoms with Gasteiger partial charge in [0.2, 0.25) is 0 Å². The Morgan fingerprint density at radius 2 is 1.39 bits per heavy atom. The lowest BCUT2D eigenvalue weighted by Gasteiger charge is -2.34. The van der Waals surface area contributed by atoms with Crippen molar-refractivity contribution in [2.75, 3.05) is 13.2 Å². The summed E-state index contributed by atoms with van der Waals surface area (Å²) < 4.78 is 116. The van der Waals surface area contributed by atoms with Crippen molar-refractivity contribution >= 4 is 0 Å². The molecule has 1 saturated heterocycles. The molecular formula is C35H37F7O4. The molecule has 3 aromatic rings. The van der Waals surface area contributed by atoms with E-state index in [-0.39, 0.29) is 37.5 Å². The van der Waals surface area contributed by atoms with E-state index < -0.39 is 47.8 Å². The number of halogens is 7. The maximum absolute atomic E-state index is 15.3. The molecule has 5 rings (SSSR count). The van der Waals surface area contributed by atoms with E-state index in [9.17, 15) is 26.3 Å². The summed E-state index contributed by atoms with van der Waals surface area (Å²) in [6.07, 6.45) is -4.38. The SMILES string of the molecule is CCCCCc1ccc(C2COC(c3ccc(C4CCC(C(F)(F)Oc5ccc(OC(F)(F)F)c(F)c5)CC4)c(F)c3)OC2)cc1. The van der Waals surface area contributed by atoms with Crippen LogP contribution in [0.1, 0.15) is 92.2 Å². The highest BCUT2D eigenvalue weighted by atomic mass is 19.4. The molecular weight excluding hydrogens is 617 g/mol. The quantitative estimate of drug-likeness (QED) is 0.152. The van der Waals surface area contributed by atoms with E-state index in [2.05, 4.69) is 35.9 Å². The van der Waals surface area contributed by atoms with Gasteiger partial charge in [-0.05, 0) is 79.3 Å². The Hall–Kier alpha value is -3.31. The van der Waals surface area contributed by atoms with Gasteiger partial charge < -0.3 is 18.9 Å². The second kappa shape index (κ2) is 14.6. The first kappa shape index (κ1) is 34.0. The molecule has 0 aromatic heterocycles. The normalized spacial score (nSPS) is 22.4. The topological polar surface area (TPSA) is 36.9 Å².